The fraction of sp³-hybridized carbons (Fsp3) is 0.200. The number of hydrogen-bond acceptors (Lipinski definition) is 4. The molecule has 0 aliphatic carbocycles. The van der Waals surface area contributed by atoms with Gasteiger partial charge in [-0.2, -0.15) is 0 Å². The predicted octanol–water partition coefficient (Wildman–Crippen LogP) is 2.27. The molecule has 2 aromatic rings. The molecular weight excluding hydrogens is 341 g/mol. The lowest BCUT2D eigenvalue weighted by Crippen LogP contribution is -2.26. The highest BCUT2D eigenvalue weighted by Crippen LogP contribution is 2.19. The second kappa shape index (κ2) is 6.38. The molecule has 5 nitrogen and oxygen atoms in total. The Labute approximate surface area is 135 Å². The molecule has 8 heteroatoms. The summed E-state index contributed by atoms with van der Waals surface area (Å²) in [5.41, 5.74) is 0.614. The first-order valence-electron chi connectivity index (χ1n) is 6.67. The Morgan fingerprint density at radius 1 is 0.870 bits per heavy atom. The van der Waals surface area contributed by atoms with Gasteiger partial charge in [0.05, 0.1) is 9.79 Å². The molecule has 0 fully saturated rings. The van der Waals surface area contributed by atoms with Gasteiger partial charge < -0.3 is 0 Å². The molecule has 0 amide bonds. The number of sulfonamides is 1. The third kappa shape index (κ3) is 4.37. The number of halogens is 1. The maximum absolute atomic E-state index is 12.9. The van der Waals surface area contributed by atoms with E-state index in [1.54, 1.807) is 19.1 Å². The van der Waals surface area contributed by atoms with Gasteiger partial charge in [-0.15, -0.1) is 0 Å². The van der Waals surface area contributed by atoms with Crippen LogP contribution in [0.25, 0.3) is 0 Å². The predicted molar refractivity (Wildman–Crippen MR) is 84.7 cm³/mol. The summed E-state index contributed by atoms with van der Waals surface area (Å²) >= 11 is 0. The van der Waals surface area contributed by atoms with E-state index in [4.69, 9.17) is 0 Å². The zero-order chi connectivity index (χ0) is 17.3. The van der Waals surface area contributed by atoms with Gasteiger partial charge in [0.1, 0.15) is 5.82 Å². The summed E-state index contributed by atoms with van der Waals surface area (Å²) in [4.78, 5) is 0.119. The topological polar surface area (TPSA) is 80.3 Å². The number of rotatable bonds is 5. The van der Waals surface area contributed by atoms with Crippen molar-refractivity contribution in [2.24, 2.45) is 0 Å². The van der Waals surface area contributed by atoms with Gasteiger partial charge in [0.2, 0.25) is 10.0 Å². The van der Waals surface area contributed by atoms with Crippen LogP contribution in [-0.2, 0) is 19.9 Å². The minimum Gasteiger partial charge on any atom is -0.224 e. The lowest BCUT2D eigenvalue weighted by Gasteiger charge is -2.15. The fourth-order valence-corrected chi connectivity index (χ4v) is 3.85. The summed E-state index contributed by atoms with van der Waals surface area (Å²) in [5.74, 6) is -0.520. The summed E-state index contributed by atoms with van der Waals surface area (Å²) in [6.45, 7) is 1.64. The van der Waals surface area contributed by atoms with Gasteiger partial charge in [0.15, 0.2) is 9.84 Å². The Kier molecular flexibility index (Phi) is 4.88. The minimum atomic E-state index is -3.80. The van der Waals surface area contributed by atoms with E-state index < -0.39 is 31.7 Å². The molecule has 0 spiro atoms. The van der Waals surface area contributed by atoms with Crippen molar-refractivity contribution in [1.82, 2.24) is 4.72 Å². The van der Waals surface area contributed by atoms with E-state index in [0.29, 0.717) is 5.56 Å². The Morgan fingerprint density at radius 2 is 1.35 bits per heavy atom. The van der Waals surface area contributed by atoms with E-state index in [9.17, 15) is 21.2 Å². The zero-order valence-electron chi connectivity index (χ0n) is 12.5. The summed E-state index contributed by atoms with van der Waals surface area (Å²) in [7, 11) is -7.10. The molecule has 0 heterocycles. The van der Waals surface area contributed by atoms with E-state index in [-0.39, 0.29) is 9.79 Å². The molecule has 0 bridgehead atoms. The largest absolute Gasteiger partial charge is 0.241 e. The molecule has 0 aromatic heterocycles. The van der Waals surface area contributed by atoms with Crippen LogP contribution in [0.4, 0.5) is 4.39 Å². The average Bonchev–Trinajstić information content (AvgIpc) is 2.46. The third-order valence-corrected chi connectivity index (χ3v) is 5.95. The molecule has 23 heavy (non-hydrogen) atoms. The maximum atomic E-state index is 12.9. The monoisotopic (exact) mass is 357 g/mol. The van der Waals surface area contributed by atoms with Crippen molar-refractivity contribution in [3.05, 3.63) is 59.9 Å². The van der Waals surface area contributed by atoms with Crippen molar-refractivity contribution < 1.29 is 21.2 Å². The second-order valence-corrected chi connectivity index (χ2v) is 8.87. The van der Waals surface area contributed by atoms with Crippen molar-refractivity contribution in [2.45, 2.75) is 22.8 Å². The van der Waals surface area contributed by atoms with Crippen LogP contribution in [0.15, 0.2) is 58.3 Å². The highest BCUT2D eigenvalue weighted by atomic mass is 32.2. The lowest BCUT2D eigenvalue weighted by molar-refractivity contribution is 0.566. The molecule has 0 unspecified atom stereocenters. The van der Waals surface area contributed by atoms with E-state index in [2.05, 4.69) is 4.72 Å². The Bertz CT molecular complexity index is 889. The quantitative estimate of drug-likeness (QED) is 0.890. The molecular formula is C15H16FNO4S2. The molecule has 0 aliphatic rings. The van der Waals surface area contributed by atoms with Crippen LogP contribution in [0.3, 0.4) is 0 Å². The Hall–Kier alpha value is -1.77. The molecule has 0 saturated carbocycles. The Balaban J connectivity index is 2.21. The lowest BCUT2D eigenvalue weighted by atomic mass is 10.1. The average molecular weight is 357 g/mol. The first kappa shape index (κ1) is 17.6. The van der Waals surface area contributed by atoms with Gasteiger partial charge >= 0.3 is 0 Å². The van der Waals surface area contributed by atoms with Crippen molar-refractivity contribution in [2.75, 3.05) is 6.26 Å². The fourth-order valence-electron chi connectivity index (χ4n) is 1.99. The van der Waals surface area contributed by atoms with Crippen LogP contribution in [0, 0.1) is 5.82 Å². The summed E-state index contributed by atoms with van der Waals surface area (Å²) < 4.78 is 62.6. The van der Waals surface area contributed by atoms with Crippen molar-refractivity contribution in [3.8, 4) is 0 Å². The van der Waals surface area contributed by atoms with Crippen LogP contribution >= 0.6 is 0 Å². The van der Waals surface area contributed by atoms with E-state index in [1.165, 1.54) is 24.3 Å². The molecule has 0 radical (unpaired) electrons. The molecule has 1 atom stereocenters. The van der Waals surface area contributed by atoms with Crippen LogP contribution in [0.2, 0.25) is 0 Å². The molecule has 0 aliphatic heterocycles. The van der Waals surface area contributed by atoms with Gasteiger partial charge in [0, 0.05) is 12.3 Å². The number of hydrogen-bond donors (Lipinski definition) is 1. The highest BCUT2D eigenvalue weighted by molar-refractivity contribution is 7.90. The smallest absolute Gasteiger partial charge is 0.224 e. The molecule has 1 N–H and O–H groups in total. The van der Waals surface area contributed by atoms with Crippen molar-refractivity contribution in [3.63, 3.8) is 0 Å². The van der Waals surface area contributed by atoms with Gasteiger partial charge in [0.25, 0.3) is 0 Å². The maximum Gasteiger partial charge on any atom is 0.241 e. The second-order valence-electron chi connectivity index (χ2n) is 5.14. The molecule has 2 rings (SSSR count). The van der Waals surface area contributed by atoms with Crippen LogP contribution in [0.1, 0.15) is 18.5 Å². The van der Waals surface area contributed by atoms with Gasteiger partial charge in [-0.3, -0.25) is 0 Å². The summed E-state index contributed by atoms with van der Waals surface area (Å²) in [6.07, 6.45) is 1.10. The van der Waals surface area contributed by atoms with Gasteiger partial charge in [-0.1, -0.05) is 12.1 Å². The van der Waals surface area contributed by atoms with E-state index in [1.807, 2.05) is 0 Å². The number of sulfone groups is 1. The van der Waals surface area contributed by atoms with Crippen LogP contribution in [0.5, 0.6) is 0 Å². The first-order chi connectivity index (χ1) is 10.6. The van der Waals surface area contributed by atoms with Gasteiger partial charge in [-0.05, 0) is 48.9 Å². The van der Waals surface area contributed by atoms with Crippen molar-refractivity contribution in [1.29, 1.82) is 0 Å². The standard InChI is InChI=1S/C15H16FNO4S2/c1-11(12-3-7-14(8-4-12)22(2,18)19)17-23(20,21)15-9-5-13(16)6-10-15/h3-11,17H,1-2H3/t11-/m1/s1. The highest BCUT2D eigenvalue weighted by Gasteiger charge is 2.18. The zero-order valence-corrected chi connectivity index (χ0v) is 14.2. The third-order valence-electron chi connectivity index (χ3n) is 3.26. The Morgan fingerprint density at radius 3 is 1.83 bits per heavy atom. The van der Waals surface area contributed by atoms with Crippen LogP contribution in [-0.4, -0.2) is 23.1 Å². The first-order valence-corrected chi connectivity index (χ1v) is 10.0. The SMILES string of the molecule is C[C@@H](NS(=O)(=O)c1ccc(F)cc1)c1ccc(S(C)(=O)=O)cc1. The molecule has 2 aromatic carbocycles. The number of nitrogens with one attached hydrogen (secondary N) is 1. The normalized spacial score (nSPS) is 13.7. The molecule has 0 saturated heterocycles. The summed E-state index contributed by atoms with van der Waals surface area (Å²) in [6, 6.07) is 9.87. The summed E-state index contributed by atoms with van der Waals surface area (Å²) in [5, 5.41) is 0. The van der Waals surface area contributed by atoms with Crippen LogP contribution < -0.4 is 4.72 Å². The minimum absolute atomic E-state index is 0.0430. The number of benzene rings is 2. The van der Waals surface area contributed by atoms with Gasteiger partial charge in [-0.25, -0.2) is 25.9 Å². The van der Waals surface area contributed by atoms with E-state index in [0.717, 1.165) is 18.4 Å². The molecule has 124 valence electrons. The van der Waals surface area contributed by atoms with Crippen molar-refractivity contribution >= 4 is 19.9 Å². The van der Waals surface area contributed by atoms with E-state index >= 15 is 0 Å².